The summed E-state index contributed by atoms with van der Waals surface area (Å²) >= 11 is 3.16. The van der Waals surface area contributed by atoms with Gasteiger partial charge in [-0.25, -0.2) is 15.0 Å². The summed E-state index contributed by atoms with van der Waals surface area (Å²) in [6, 6.07) is 26.4. The van der Waals surface area contributed by atoms with Gasteiger partial charge in [0.05, 0.1) is 21.7 Å². The molecule has 0 amide bonds. The third-order valence-electron chi connectivity index (χ3n) is 4.78. The average Bonchev–Trinajstić information content (AvgIpc) is 3.27. The van der Waals surface area contributed by atoms with Gasteiger partial charge in [-0.3, -0.25) is 10.1 Å². The van der Waals surface area contributed by atoms with Crippen LogP contribution >= 0.6 is 23.1 Å². The van der Waals surface area contributed by atoms with Crippen molar-refractivity contribution in [1.82, 2.24) is 15.0 Å². The van der Waals surface area contributed by atoms with E-state index < -0.39 is 0 Å². The molecule has 0 aliphatic heterocycles. The molecule has 0 saturated carbocycles. The molecular formula is C25H21N6O2S2+. The number of hydrogen-bond donors (Lipinski definition) is 4. The molecule has 0 aliphatic rings. The summed E-state index contributed by atoms with van der Waals surface area (Å²) in [6.07, 6.45) is 0. The van der Waals surface area contributed by atoms with Crippen LogP contribution in [0.2, 0.25) is 0 Å². The number of nitrogens with two attached hydrogens (primary N) is 1. The number of para-hydroxylation sites is 2. The summed E-state index contributed by atoms with van der Waals surface area (Å²) in [5.74, 6) is 2.45. The third-order valence-corrected chi connectivity index (χ3v) is 6.99. The maximum atomic E-state index is 12.1. The number of fused-ring (bicyclic) bond motifs is 1. The SMILES string of the molecule is NC(Nc1ccc(Oc2ccccc2)cc1)=[NH+]c1nc(CSc2nc3ccccc3s2)cc(=O)[nH]1. The van der Waals surface area contributed by atoms with Crippen molar-refractivity contribution in [3.8, 4) is 11.5 Å². The van der Waals surface area contributed by atoms with Gasteiger partial charge in [0.25, 0.3) is 11.5 Å². The molecule has 0 bridgehead atoms. The molecule has 35 heavy (non-hydrogen) atoms. The molecule has 8 nitrogen and oxygen atoms in total. The molecule has 5 rings (SSSR count). The van der Waals surface area contributed by atoms with Crippen LogP contribution in [0.25, 0.3) is 10.2 Å². The number of anilines is 1. The van der Waals surface area contributed by atoms with Crippen molar-refractivity contribution in [2.45, 2.75) is 10.1 Å². The third kappa shape index (κ3) is 6.05. The highest BCUT2D eigenvalue weighted by molar-refractivity contribution is 8.00. The molecule has 5 N–H and O–H groups in total. The van der Waals surface area contributed by atoms with Gasteiger partial charge in [0, 0.05) is 6.07 Å². The van der Waals surface area contributed by atoms with Crippen LogP contribution in [0, 0.1) is 0 Å². The van der Waals surface area contributed by atoms with Crippen LogP contribution in [0.3, 0.4) is 0 Å². The van der Waals surface area contributed by atoms with Gasteiger partial charge < -0.3 is 10.5 Å². The zero-order chi connectivity index (χ0) is 24.0. The fourth-order valence-corrected chi connectivity index (χ4v) is 5.20. The van der Waals surface area contributed by atoms with Crippen LogP contribution in [0.1, 0.15) is 5.69 Å². The molecule has 0 aliphatic carbocycles. The number of benzene rings is 3. The van der Waals surface area contributed by atoms with E-state index in [1.807, 2.05) is 78.9 Å². The molecule has 0 radical (unpaired) electrons. The van der Waals surface area contributed by atoms with E-state index in [1.54, 1.807) is 11.3 Å². The first-order chi connectivity index (χ1) is 17.1. The number of aromatic amines is 1. The number of aromatic nitrogens is 3. The Bertz CT molecular complexity index is 1500. The van der Waals surface area contributed by atoms with E-state index in [4.69, 9.17) is 10.5 Å². The molecular weight excluding hydrogens is 480 g/mol. The van der Waals surface area contributed by atoms with Gasteiger partial charge in [0.1, 0.15) is 17.2 Å². The fourth-order valence-electron chi connectivity index (χ4n) is 3.23. The first-order valence-electron chi connectivity index (χ1n) is 10.7. The minimum absolute atomic E-state index is 0.223. The molecule has 0 spiro atoms. The fraction of sp³-hybridized carbons (Fsp3) is 0.0400. The predicted molar refractivity (Wildman–Crippen MR) is 140 cm³/mol. The van der Waals surface area contributed by atoms with E-state index in [0.717, 1.165) is 26.0 Å². The highest BCUT2D eigenvalue weighted by Gasteiger charge is 2.10. The van der Waals surface area contributed by atoms with Crippen LogP contribution in [-0.4, -0.2) is 20.9 Å². The molecule has 2 heterocycles. The van der Waals surface area contributed by atoms with Crippen molar-refractivity contribution >= 4 is 50.9 Å². The van der Waals surface area contributed by atoms with E-state index in [-0.39, 0.29) is 17.5 Å². The Kier molecular flexibility index (Phi) is 6.73. The van der Waals surface area contributed by atoms with Crippen molar-refractivity contribution in [2.24, 2.45) is 5.73 Å². The smallest absolute Gasteiger partial charge is 0.325 e. The maximum absolute atomic E-state index is 12.1. The van der Waals surface area contributed by atoms with Gasteiger partial charge in [-0.15, -0.1) is 16.3 Å². The quantitative estimate of drug-likeness (QED) is 0.153. The van der Waals surface area contributed by atoms with Gasteiger partial charge >= 0.3 is 5.95 Å². The molecule has 5 aromatic rings. The molecule has 3 aromatic carbocycles. The van der Waals surface area contributed by atoms with Crippen LogP contribution in [0.15, 0.2) is 94.1 Å². The summed E-state index contributed by atoms with van der Waals surface area (Å²) < 4.78 is 7.85. The van der Waals surface area contributed by atoms with Crippen molar-refractivity contribution in [3.05, 3.63) is 101 Å². The van der Waals surface area contributed by atoms with Gasteiger partial charge in [-0.1, -0.05) is 42.1 Å². The second kappa shape index (κ2) is 10.4. The Hall–Kier alpha value is -4.15. The Morgan fingerprint density at radius 3 is 2.54 bits per heavy atom. The topological polar surface area (TPSA) is 120 Å². The number of nitrogens with one attached hydrogen (secondary N) is 3. The first kappa shape index (κ1) is 22.6. The number of rotatable bonds is 7. The van der Waals surface area contributed by atoms with Gasteiger partial charge in [0.15, 0.2) is 4.34 Å². The largest absolute Gasteiger partial charge is 0.457 e. The highest BCUT2D eigenvalue weighted by Crippen LogP contribution is 2.30. The van der Waals surface area contributed by atoms with Crippen molar-refractivity contribution in [1.29, 1.82) is 0 Å². The monoisotopic (exact) mass is 501 g/mol. The lowest BCUT2D eigenvalue weighted by molar-refractivity contribution is -0.365. The highest BCUT2D eigenvalue weighted by atomic mass is 32.2. The van der Waals surface area contributed by atoms with Crippen molar-refractivity contribution in [3.63, 3.8) is 0 Å². The Morgan fingerprint density at radius 1 is 1.00 bits per heavy atom. The maximum Gasteiger partial charge on any atom is 0.325 e. The number of hydrogen-bond acceptors (Lipinski definition) is 6. The summed E-state index contributed by atoms with van der Waals surface area (Å²) in [5, 5.41) is 3.05. The molecule has 0 fully saturated rings. The Balaban J connectivity index is 1.23. The molecule has 2 aromatic heterocycles. The number of H-pyrrole nitrogens is 1. The van der Waals surface area contributed by atoms with E-state index in [0.29, 0.717) is 17.2 Å². The lowest BCUT2D eigenvalue weighted by Crippen LogP contribution is -2.73. The van der Waals surface area contributed by atoms with E-state index in [1.165, 1.54) is 17.8 Å². The molecule has 174 valence electrons. The van der Waals surface area contributed by atoms with Crippen LogP contribution in [0.4, 0.5) is 11.6 Å². The number of guanidine groups is 1. The predicted octanol–water partition coefficient (Wildman–Crippen LogP) is 3.60. The van der Waals surface area contributed by atoms with Gasteiger partial charge in [0.2, 0.25) is 0 Å². The first-order valence-corrected chi connectivity index (χ1v) is 12.5. The zero-order valence-electron chi connectivity index (χ0n) is 18.4. The van der Waals surface area contributed by atoms with Crippen molar-refractivity contribution in [2.75, 3.05) is 5.32 Å². The number of nitrogens with zero attached hydrogens (tertiary/aromatic N) is 2. The van der Waals surface area contributed by atoms with Gasteiger partial charge in [-0.05, 0) is 48.5 Å². The summed E-state index contributed by atoms with van der Waals surface area (Å²) in [5.41, 5.74) is 8.17. The van der Waals surface area contributed by atoms with E-state index in [2.05, 4.69) is 25.3 Å². The summed E-state index contributed by atoms with van der Waals surface area (Å²) in [4.78, 5) is 26.8. The normalized spacial score (nSPS) is 11.5. The average molecular weight is 502 g/mol. The number of thioether (sulfide) groups is 1. The second-order valence-corrected chi connectivity index (χ2v) is 9.68. The van der Waals surface area contributed by atoms with Crippen LogP contribution < -0.4 is 26.3 Å². The molecule has 0 unspecified atom stereocenters. The summed E-state index contributed by atoms with van der Waals surface area (Å²) in [6.45, 7) is 0. The number of thiazole rings is 1. The Labute approximate surface area is 208 Å². The van der Waals surface area contributed by atoms with Crippen molar-refractivity contribution < 1.29 is 9.73 Å². The van der Waals surface area contributed by atoms with Gasteiger partial charge in [-0.2, -0.15) is 0 Å². The molecule has 0 atom stereocenters. The van der Waals surface area contributed by atoms with Crippen LogP contribution in [-0.2, 0) is 5.75 Å². The lowest BCUT2D eigenvalue weighted by atomic mass is 10.3. The Morgan fingerprint density at radius 2 is 1.74 bits per heavy atom. The van der Waals surface area contributed by atoms with Crippen LogP contribution in [0.5, 0.6) is 11.5 Å². The molecule has 0 saturated heterocycles. The van der Waals surface area contributed by atoms with E-state index >= 15 is 0 Å². The minimum Gasteiger partial charge on any atom is -0.457 e. The zero-order valence-corrected chi connectivity index (χ0v) is 20.0. The standard InChI is InChI=1S/C25H20N6O2S2/c26-23(27-16-10-12-19(13-11-16)33-18-6-2-1-3-7-18)31-24-28-17(14-22(32)30-24)15-34-25-29-20-8-4-5-9-21(20)35-25/h1-14H,15H2,(H4,26,27,28,30,31,32)/p+1. The van der Waals surface area contributed by atoms with E-state index in [9.17, 15) is 4.79 Å². The molecule has 10 heteroatoms. The summed E-state index contributed by atoms with van der Waals surface area (Å²) in [7, 11) is 0. The lowest BCUT2D eigenvalue weighted by Gasteiger charge is -2.06. The number of ether oxygens (including phenoxy) is 1. The minimum atomic E-state index is -0.266. The second-order valence-electron chi connectivity index (χ2n) is 7.42.